The highest BCUT2D eigenvalue weighted by Gasteiger charge is 2.28. The number of hydrogen-bond acceptors (Lipinski definition) is 14. The van der Waals surface area contributed by atoms with E-state index in [0.29, 0.717) is 87.6 Å². The third kappa shape index (κ3) is 25.6. The largest absolute Gasteiger partial charge is 0.497 e. The number of aliphatic hydroxyl groups excluding tert-OH is 1. The number of carbonyl (C=O) groups is 2. The lowest BCUT2D eigenvalue weighted by molar-refractivity contribution is -0.104. The Kier molecular flexibility index (Phi) is 34.7. The van der Waals surface area contributed by atoms with E-state index in [-0.39, 0.29) is 43.2 Å². The number of carboxylic acids is 1. The van der Waals surface area contributed by atoms with E-state index in [1.165, 1.54) is 7.11 Å². The van der Waals surface area contributed by atoms with Gasteiger partial charge in [0.25, 0.3) is 0 Å². The maximum absolute atomic E-state index is 13.5. The minimum atomic E-state index is -0.973. The standard InChI is InChI=1S/C31H42O7.C20H32O5.C11H12O3/c1-7-10-23(3)29(37-22-33-4)20-27(18-19-36-21-24-14-16-26(34-5)17-15-24)38-31(32)30-25(11-8-2)12-9-13-28(30)35-6;1-5-6-16(2)20(25-15-22-3)13-18(21)11-12-24-14-17-7-9-19(23-4)10-8-17;1-3-5-8-6-4-7-9(14-2)10(8)11(12)13/h7-9,12-17,23,27,29H,1-2,10-11,18-22H2,3-6H3;5,7-10,16,18,20-21H,1,6,11-15H2,2-4H3;3-4,6-7H,1,5H2,2H3,(H,12,13)/t23-,27?,29-;16-,18+,20+;/m00./s1. The van der Waals surface area contributed by atoms with Crippen LogP contribution in [0.25, 0.3) is 0 Å². The van der Waals surface area contributed by atoms with Crippen LogP contribution in [0.2, 0.25) is 0 Å². The maximum atomic E-state index is 13.5. The molecule has 0 saturated carbocycles. The number of rotatable bonds is 37. The summed E-state index contributed by atoms with van der Waals surface area (Å²) < 4.78 is 60.3. The highest BCUT2D eigenvalue weighted by molar-refractivity contribution is 5.94. The molecule has 0 aliphatic heterocycles. The van der Waals surface area contributed by atoms with Crippen molar-refractivity contribution in [2.45, 2.75) is 103 Å². The molecule has 4 aromatic carbocycles. The molecule has 2 N–H and O–H groups in total. The lowest BCUT2D eigenvalue weighted by Gasteiger charge is -2.28. The molecular formula is C62H86O15. The molecule has 0 amide bonds. The van der Waals surface area contributed by atoms with Crippen molar-refractivity contribution in [3.05, 3.63) is 169 Å². The predicted molar refractivity (Wildman–Crippen MR) is 301 cm³/mol. The van der Waals surface area contributed by atoms with Crippen LogP contribution in [0.4, 0.5) is 0 Å². The van der Waals surface area contributed by atoms with Crippen LogP contribution < -0.4 is 18.9 Å². The van der Waals surface area contributed by atoms with E-state index in [2.05, 4.69) is 40.2 Å². The number of esters is 1. The monoisotopic (exact) mass is 1070 g/mol. The zero-order chi connectivity index (χ0) is 56.8. The molecule has 0 aromatic heterocycles. The summed E-state index contributed by atoms with van der Waals surface area (Å²) in [5.41, 5.74) is 4.25. The van der Waals surface area contributed by atoms with Gasteiger partial charge in [-0.15, -0.1) is 26.3 Å². The van der Waals surface area contributed by atoms with Gasteiger partial charge < -0.3 is 62.3 Å². The number of aliphatic hydroxyl groups is 1. The third-order valence-corrected chi connectivity index (χ3v) is 12.3. The van der Waals surface area contributed by atoms with Crippen molar-refractivity contribution >= 4 is 11.9 Å². The summed E-state index contributed by atoms with van der Waals surface area (Å²) in [6.45, 7) is 21.4. The Morgan fingerprint density at radius 1 is 0.558 bits per heavy atom. The number of allylic oxidation sites excluding steroid dienone is 4. The summed E-state index contributed by atoms with van der Waals surface area (Å²) >= 11 is 0. The fourth-order valence-electron chi connectivity index (χ4n) is 8.03. The fourth-order valence-corrected chi connectivity index (χ4v) is 8.03. The zero-order valence-electron chi connectivity index (χ0n) is 46.8. The van der Waals surface area contributed by atoms with Gasteiger partial charge in [-0.05, 0) is 109 Å². The number of carbonyl (C=O) groups excluding carboxylic acids is 1. The Morgan fingerprint density at radius 3 is 1.42 bits per heavy atom. The van der Waals surface area contributed by atoms with Crippen LogP contribution in [0.15, 0.2) is 136 Å². The summed E-state index contributed by atoms with van der Waals surface area (Å²) in [6.07, 6.45) is 10.8. The first kappa shape index (κ1) is 66.8. The van der Waals surface area contributed by atoms with Crippen molar-refractivity contribution in [1.82, 2.24) is 0 Å². The van der Waals surface area contributed by atoms with Gasteiger partial charge in [0.2, 0.25) is 0 Å². The van der Waals surface area contributed by atoms with Gasteiger partial charge in [-0.1, -0.05) is 86.7 Å². The number of carboxylic acid groups (broad SMARTS) is 1. The molecule has 77 heavy (non-hydrogen) atoms. The lowest BCUT2D eigenvalue weighted by atomic mass is 9.94. The fraction of sp³-hybridized carbons (Fsp3) is 0.452. The molecule has 0 fully saturated rings. The molecule has 0 saturated heterocycles. The van der Waals surface area contributed by atoms with Gasteiger partial charge in [0.1, 0.15) is 53.8 Å². The van der Waals surface area contributed by atoms with Crippen LogP contribution in [0, 0.1) is 11.8 Å². The quantitative estimate of drug-likeness (QED) is 0.0189. The van der Waals surface area contributed by atoms with E-state index >= 15 is 0 Å². The van der Waals surface area contributed by atoms with Crippen LogP contribution in [0.5, 0.6) is 23.0 Å². The van der Waals surface area contributed by atoms with Crippen LogP contribution >= 0.6 is 0 Å². The molecule has 6 atom stereocenters. The Balaban J connectivity index is 0.000000443. The normalized spacial score (nSPS) is 13.1. The first-order valence-electron chi connectivity index (χ1n) is 25.8. The summed E-state index contributed by atoms with van der Waals surface area (Å²) in [5, 5.41) is 19.2. The average molecular weight is 1070 g/mol. The molecule has 0 radical (unpaired) electrons. The first-order valence-corrected chi connectivity index (χ1v) is 25.8. The molecule has 0 aliphatic carbocycles. The maximum Gasteiger partial charge on any atom is 0.342 e. The second kappa shape index (κ2) is 40.0. The van der Waals surface area contributed by atoms with Gasteiger partial charge >= 0.3 is 11.9 Å². The summed E-state index contributed by atoms with van der Waals surface area (Å²) in [7, 11) is 9.46. The van der Waals surface area contributed by atoms with Crippen molar-refractivity contribution in [2.24, 2.45) is 11.8 Å². The van der Waals surface area contributed by atoms with Gasteiger partial charge in [-0.25, -0.2) is 9.59 Å². The Morgan fingerprint density at radius 2 is 1.00 bits per heavy atom. The Labute approximate surface area is 458 Å². The van der Waals surface area contributed by atoms with E-state index < -0.39 is 24.1 Å². The van der Waals surface area contributed by atoms with Crippen molar-refractivity contribution in [1.29, 1.82) is 0 Å². The van der Waals surface area contributed by atoms with Crippen molar-refractivity contribution < 1.29 is 71.9 Å². The minimum Gasteiger partial charge on any atom is -0.497 e. The SMILES string of the molecule is C=CC[C@H](C)[C@@H](C[C@H](O)CCOCc1ccc(OC)cc1)OCOC.C=CCc1cccc(OC)c1C(=O)O.C=CCc1cccc(OC)c1C(=O)OC(CCOCc1ccc(OC)cc1)C[C@H](OCOC)[C@@H](C)CC=C. The van der Waals surface area contributed by atoms with Crippen LogP contribution in [0.3, 0.4) is 0 Å². The highest BCUT2D eigenvalue weighted by Crippen LogP contribution is 2.28. The predicted octanol–water partition coefficient (Wildman–Crippen LogP) is 11.8. The molecule has 4 aromatic rings. The van der Waals surface area contributed by atoms with Crippen LogP contribution in [0.1, 0.15) is 95.3 Å². The lowest BCUT2D eigenvalue weighted by Crippen LogP contribution is -2.31. The molecule has 0 aliphatic rings. The van der Waals surface area contributed by atoms with E-state index in [1.807, 2.05) is 72.8 Å². The van der Waals surface area contributed by atoms with Crippen molar-refractivity contribution in [2.75, 3.05) is 69.5 Å². The molecule has 1 unspecified atom stereocenters. The van der Waals surface area contributed by atoms with Crippen LogP contribution in [-0.4, -0.2) is 116 Å². The number of methoxy groups -OCH3 is 6. The molecule has 0 bridgehead atoms. The number of hydrogen-bond donors (Lipinski definition) is 2. The van der Waals surface area contributed by atoms with Gasteiger partial charge in [0, 0.05) is 33.7 Å². The average Bonchev–Trinajstić information content (AvgIpc) is 3.44. The molecular weight excluding hydrogens is 985 g/mol. The van der Waals surface area contributed by atoms with Gasteiger partial charge in [0.05, 0.1) is 66.6 Å². The number of benzene rings is 4. The topological polar surface area (TPSA) is 176 Å². The van der Waals surface area contributed by atoms with Gasteiger partial charge in [0.15, 0.2) is 0 Å². The van der Waals surface area contributed by atoms with Gasteiger partial charge in [-0.3, -0.25) is 0 Å². The molecule has 15 heteroatoms. The number of aromatic carboxylic acids is 1. The zero-order valence-corrected chi connectivity index (χ0v) is 46.8. The van der Waals surface area contributed by atoms with Gasteiger partial charge in [-0.2, -0.15) is 0 Å². The Hall–Kier alpha value is -6.30. The van der Waals surface area contributed by atoms with E-state index in [1.54, 1.807) is 72.0 Å². The molecule has 0 spiro atoms. The van der Waals surface area contributed by atoms with Crippen molar-refractivity contribution in [3.8, 4) is 23.0 Å². The highest BCUT2D eigenvalue weighted by atomic mass is 16.7. The van der Waals surface area contributed by atoms with E-state index in [9.17, 15) is 14.7 Å². The van der Waals surface area contributed by atoms with E-state index in [0.717, 1.165) is 41.0 Å². The molecule has 0 heterocycles. The van der Waals surface area contributed by atoms with Crippen LogP contribution in [-0.2, 0) is 59.2 Å². The van der Waals surface area contributed by atoms with E-state index in [4.69, 9.17) is 57.2 Å². The van der Waals surface area contributed by atoms with Crippen molar-refractivity contribution in [3.63, 3.8) is 0 Å². The molecule has 4 rings (SSSR count). The third-order valence-electron chi connectivity index (χ3n) is 12.3. The summed E-state index contributed by atoms with van der Waals surface area (Å²) in [4.78, 5) is 24.4. The number of ether oxygens (including phenoxy) is 11. The second-order valence-electron chi connectivity index (χ2n) is 18.0. The smallest absolute Gasteiger partial charge is 0.342 e. The Bertz CT molecular complexity index is 2280. The minimum absolute atomic E-state index is 0.0606. The second-order valence-corrected chi connectivity index (χ2v) is 18.0. The summed E-state index contributed by atoms with van der Waals surface area (Å²) in [6, 6.07) is 26.1. The summed E-state index contributed by atoms with van der Waals surface area (Å²) in [5.74, 6) is 1.50. The molecule has 15 nitrogen and oxygen atoms in total. The molecule has 424 valence electrons. The first-order chi connectivity index (χ1) is 37.3.